The molecule has 0 fully saturated rings. The second-order valence-electron chi connectivity index (χ2n) is 2.07. The molecule has 0 spiro atoms. The molecule has 0 aromatic rings. The van der Waals surface area contributed by atoms with E-state index < -0.39 is 8.63 Å². The summed E-state index contributed by atoms with van der Waals surface area (Å²) in [6.45, 7) is 1.78. The van der Waals surface area contributed by atoms with Gasteiger partial charge in [0, 0.05) is 5.92 Å². The van der Waals surface area contributed by atoms with Crippen molar-refractivity contribution in [3.63, 3.8) is 0 Å². The van der Waals surface area contributed by atoms with Crippen LogP contribution in [0.3, 0.4) is 0 Å². The summed E-state index contributed by atoms with van der Waals surface area (Å²) in [6.07, 6.45) is 0.486. The van der Waals surface area contributed by atoms with Crippen molar-refractivity contribution in [1.82, 2.24) is 0 Å². The predicted octanol–water partition coefficient (Wildman–Crippen LogP) is 4.19. The first-order valence-corrected chi connectivity index (χ1v) is 4.69. The van der Waals surface area contributed by atoms with Crippen molar-refractivity contribution >= 4 is 58.0 Å². The minimum atomic E-state index is -1.26. The summed E-state index contributed by atoms with van der Waals surface area (Å²) >= 11 is 27.6. The van der Waals surface area contributed by atoms with E-state index in [1.54, 1.807) is 6.92 Å². The first-order chi connectivity index (χ1) is 4.34. The molecule has 0 aromatic carbocycles. The molecule has 5 heteroatoms. The first-order valence-electron chi connectivity index (χ1n) is 2.69. The minimum absolute atomic E-state index is 0.127. The van der Waals surface area contributed by atoms with Crippen LogP contribution >= 0.6 is 58.0 Å². The van der Waals surface area contributed by atoms with Crippen LogP contribution < -0.4 is 0 Å². The molecule has 0 bridgehead atoms. The highest BCUT2D eigenvalue weighted by Crippen LogP contribution is 2.38. The van der Waals surface area contributed by atoms with Gasteiger partial charge in [-0.1, -0.05) is 41.7 Å². The van der Waals surface area contributed by atoms with Gasteiger partial charge in [-0.05, 0) is 6.42 Å². The van der Waals surface area contributed by atoms with Crippen molar-refractivity contribution in [2.45, 2.75) is 22.0 Å². The molecule has 1 atom stereocenters. The molecule has 0 heterocycles. The monoisotopic (exact) mass is 242 g/mol. The summed E-state index contributed by atoms with van der Waals surface area (Å²) < 4.78 is -1.26. The van der Waals surface area contributed by atoms with Gasteiger partial charge in [0.25, 0.3) is 0 Å². The van der Waals surface area contributed by atoms with Crippen molar-refractivity contribution in [1.29, 1.82) is 0 Å². The maximum atomic E-state index is 5.54. The standard InChI is InChI=1S/C5H7Cl5/c1-3(2-4(6)7)5(8,9)10/h3-4H,2H2,1H3. The highest BCUT2D eigenvalue weighted by atomic mass is 35.6. The van der Waals surface area contributed by atoms with E-state index in [0.717, 1.165) is 0 Å². The van der Waals surface area contributed by atoms with Gasteiger partial charge in [0.1, 0.15) is 4.84 Å². The number of hydrogen-bond donors (Lipinski definition) is 0. The molecule has 62 valence electrons. The Bertz CT molecular complexity index is 94.7. The number of rotatable bonds is 2. The average molecular weight is 244 g/mol. The Balaban J connectivity index is 3.73. The second-order valence-corrected chi connectivity index (χ2v) is 5.72. The summed E-state index contributed by atoms with van der Waals surface area (Å²) in [5.41, 5.74) is 0. The van der Waals surface area contributed by atoms with E-state index in [-0.39, 0.29) is 5.92 Å². The number of halogens is 5. The lowest BCUT2D eigenvalue weighted by Gasteiger charge is -2.19. The lowest BCUT2D eigenvalue weighted by molar-refractivity contribution is 0.567. The third-order valence-electron chi connectivity index (χ3n) is 1.09. The Morgan fingerprint density at radius 3 is 1.70 bits per heavy atom. The van der Waals surface area contributed by atoms with E-state index in [2.05, 4.69) is 0 Å². The van der Waals surface area contributed by atoms with E-state index in [4.69, 9.17) is 58.0 Å². The van der Waals surface area contributed by atoms with Gasteiger partial charge in [-0.2, -0.15) is 0 Å². The SMILES string of the molecule is CC(CC(Cl)Cl)C(Cl)(Cl)Cl. The Morgan fingerprint density at radius 1 is 1.20 bits per heavy atom. The minimum Gasteiger partial charge on any atom is -0.105 e. The van der Waals surface area contributed by atoms with Gasteiger partial charge in [-0.15, -0.1) is 23.2 Å². The predicted molar refractivity (Wildman–Crippen MR) is 49.6 cm³/mol. The molecule has 10 heavy (non-hydrogen) atoms. The molecule has 0 N–H and O–H groups in total. The van der Waals surface area contributed by atoms with Gasteiger partial charge in [-0.25, -0.2) is 0 Å². The molecule has 0 aliphatic carbocycles. The summed E-state index contributed by atoms with van der Waals surface area (Å²) in [6, 6.07) is 0. The van der Waals surface area contributed by atoms with Crippen LogP contribution in [0.2, 0.25) is 0 Å². The molecule has 0 saturated heterocycles. The molecule has 0 rings (SSSR count). The second kappa shape index (κ2) is 4.47. The van der Waals surface area contributed by atoms with Crippen LogP contribution in [0.4, 0.5) is 0 Å². The summed E-state index contributed by atoms with van der Waals surface area (Å²) in [5, 5.41) is 0. The lowest BCUT2D eigenvalue weighted by Crippen LogP contribution is -2.17. The van der Waals surface area contributed by atoms with Crippen LogP contribution in [0.15, 0.2) is 0 Å². The molecule has 0 aliphatic rings. The largest absolute Gasteiger partial charge is 0.193 e. The Morgan fingerprint density at radius 2 is 1.60 bits per heavy atom. The fourth-order valence-electron chi connectivity index (χ4n) is 0.401. The van der Waals surface area contributed by atoms with Gasteiger partial charge in [0.15, 0.2) is 3.79 Å². The Hall–Kier alpha value is 1.45. The third-order valence-corrected chi connectivity index (χ3v) is 2.56. The number of alkyl halides is 5. The van der Waals surface area contributed by atoms with Crippen LogP contribution in [-0.2, 0) is 0 Å². The quantitative estimate of drug-likeness (QED) is 0.639. The smallest absolute Gasteiger partial charge is 0.105 e. The third kappa shape index (κ3) is 5.15. The lowest BCUT2D eigenvalue weighted by atomic mass is 10.1. The van der Waals surface area contributed by atoms with Crippen LogP contribution in [0.25, 0.3) is 0 Å². The zero-order chi connectivity index (χ0) is 8.36. The van der Waals surface area contributed by atoms with Gasteiger partial charge in [0.05, 0.1) is 0 Å². The van der Waals surface area contributed by atoms with Crippen LogP contribution in [0.5, 0.6) is 0 Å². The van der Waals surface area contributed by atoms with E-state index in [0.29, 0.717) is 6.42 Å². The van der Waals surface area contributed by atoms with Crippen molar-refractivity contribution in [2.24, 2.45) is 5.92 Å². The number of hydrogen-bond acceptors (Lipinski definition) is 0. The van der Waals surface area contributed by atoms with Crippen molar-refractivity contribution in [2.75, 3.05) is 0 Å². The van der Waals surface area contributed by atoms with Gasteiger partial charge in [-0.3, -0.25) is 0 Å². The fourth-order valence-corrected chi connectivity index (χ4v) is 1.20. The molecule has 0 amide bonds. The van der Waals surface area contributed by atoms with Crippen molar-refractivity contribution in [3.05, 3.63) is 0 Å². The van der Waals surface area contributed by atoms with Crippen molar-refractivity contribution in [3.8, 4) is 0 Å². The molecule has 0 nitrogen and oxygen atoms in total. The van der Waals surface area contributed by atoms with E-state index in [1.807, 2.05) is 0 Å². The molecule has 1 unspecified atom stereocenters. The zero-order valence-electron chi connectivity index (χ0n) is 5.25. The van der Waals surface area contributed by atoms with E-state index in [9.17, 15) is 0 Å². The first kappa shape index (κ1) is 11.4. The Kier molecular flexibility index (Phi) is 5.12. The molecule has 0 aromatic heterocycles. The van der Waals surface area contributed by atoms with Crippen LogP contribution in [-0.4, -0.2) is 8.63 Å². The highest BCUT2D eigenvalue weighted by Gasteiger charge is 2.29. The van der Waals surface area contributed by atoms with E-state index in [1.165, 1.54) is 0 Å². The van der Waals surface area contributed by atoms with Crippen molar-refractivity contribution < 1.29 is 0 Å². The van der Waals surface area contributed by atoms with Crippen LogP contribution in [0, 0.1) is 5.92 Å². The summed E-state index contributed by atoms with van der Waals surface area (Å²) in [4.78, 5) is -0.467. The Labute approximate surface area is 85.7 Å². The maximum Gasteiger partial charge on any atom is 0.193 e. The molecular formula is C5H7Cl5. The van der Waals surface area contributed by atoms with E-state index >= 15 is 0 Å². The van der Waals surface area contributed by atoms with Gasteiger partial charge >= 0.3 is 0 Å². The summed E-state index contributed by atoms with van der Waals surface area (Å²) in [5.74, 6) is -0.127. The topological polar surface area (TPSA) is 0 Å². The molecule has 0 aliphatic heterocycles. The molecule has 0 radical (unpaired) electrons. The normalized spacial score (nSPS) is 15.9. The van der Waals surface area contributed by atoms with Gasteiger partial charge < -0.3 is 0 Å². The zero-order valence-corrected chi connectivity index (χ0v) is 9.03. The maximum absolute atomic E-state index is 5.54. The average Bonchev–Trinajstić information content (AvgIpc) is 1.60. The highest BCUT2D eigenvalue weighted by molar-refractivity contribution is 6.67. The molecular weight excluding hydrogens is 237 g/mol. The molecule has 0 saturated carbocycles. The fraction of sp³-hybridized carbons (Fsp3) is 1.00. The van der Waals surface area contributed by atoms with Gasteiger partial charge in [0.2, 0.25) is 0 Å². The summed E-state index contributed by atoms with van der Waals surface area (Å²) in [7, 11) is 0. The van der Waals surface area contributed by atoms with Crippen LogP contribution in [0.1, 0.15) is 13.3 Å².